The lowest BCUT2D eigenvalue weighted by Gasteiger charge is -2.37. The molecule has 1 aliphatic heterocycles. The van der Waals surface area contributed by atoms with E-state index in [9.17, 15) is 9.59 Å². The number of ketones is 1. The number of nitrogens with one attached hydrogen (secondary N) is 1. The molecule has 4 rings (SSSR count). The zero-order valence-corrected chi connectivity index (χ0v) is 18.1. The molecule has 2 aromatic rings. The quantitative estimate of drug-likeness (QED) is 0.719. The Hall–Kier alpha value is -3.34. The van der Waals surface area contributed by atoms with Crippen molar-refractivity contribution in [3.8, 4) is 5.75 Å². The van der Waals surface area contributed by atoms with Gasteiger partial charge in [-0.1, -0.05) is 48.5 Å². The molecule has 0 aromatic heterocycles. The lowest BCUT2D eigenvalue weighted by molar-refractivity contribution is -0.136. The van der Waals surface area contributed by atoms with Crippen molar-refractivity contribution in [2.24, 2.45) is 0 Å². The topological polar surface area (TPSA) is 64.6 Å². The van der Waals surface area contributed by atoms with Crippen LogP contribution >= 0.6 is 0 Å². The Kier molecular flexibility index (Phi) is 5.94. The molecule has 0 unspecified atom stereocenters. The van der Waals surface area contributed by atoms with Crippen LogP contribution < -0.4 is 10.1 Å². The number of Topliss-reactive ketones (excluding diaryl/α,β-unsaturated/α-hetero) is 1. The molecule has 1 aliphatic carbocycles. The first-order valence-electron chi connectivity index (χ1n) is 10.6. The van der Waals surface area contributed by atoms with Crippen molar-refractivity contribution >= 4 is 11.8 Å². The fraction of sp³-hybridized carbons (Fsp3) is 0.308. The van der Waals surface area contributed by atoms with E-state index < -0.39 is 11.9 Å². The van der Waals surface area contributed by atoms with Gasteiger partial charge in [-0.2, -0.15) is 0 Å². The van der Waals surface area contributed by atoms with Crippen molar-refractivity contribution in [1.82, 2.24) is 5.32 Å². The summed E-state index contributed by atoms with van der Waals surface area (Å²) in [6, 6.07) is 17.7. The molecule has 5 nitrogen and oxygen atoms in total. The summed E-state index contributed by atoms with van der Waals surface area (Å²) in [7, 11) is 1.37. The van der Waals surface area contributed by atoms with Crippen LogP contribution in [0.4, 0.5) is 0 Å². The second kappa shape index (κ2) is 8.80. The predicted molar refractivity (Wildman–Crippen MR) is 119 cm³/mol. The van der Waals surface area contributed by atoms with Gasteiger partial charge in [0.1, 0.15) is 5.75 Å². The molecule has 0 saturated carbocycles. The molecule has 2 aromatic carbocycles. The average Bonchev–Trinajstić information content (AvgIpc) is 2.79. The molecule has 0 spiro atoms. The zero-order chi connectivity index (χ0) is 22.0. The predicted octanol–water partition coefficient (Wildman–Crippen LogP) is 4.62. The highest BCUT2D eigenvalue weighted by Crippen LogP contribution is 2.47. The van der Waals surface area contributed by atoms with E-state index in [-0.39, 0.29) is 11.7 Å². The van der Waals surface area contributed by atoms with Gasteiger partial charge in [0.15, 0.2) is 5.78 Å². The van der Waals surface area contributed by atoms with Gasteiger partial charge >= 0.3 is 5.97 Å². The Morgan fingerprint density at radius 3 is 2.48 bits per heavy atom. The van der Waals surface area contributed by atoms with Gasteiger partial charge in [-0.3, -0.25) is 4.79 Å². The minimum Gasteiger partial charge on any atom is -0.494 e. The van der Waals surface area contributed by atoms with Crippen LogP contribution in [0.25, 0.3) is 0 Å². The normalized spacial score (nSPS) is 20.8. The molecule has 2 atom stereocenters. The number of carbonyl (C=O) groups excluding carboxylic acids is 2. The SMILES string of the molecule is CCOc1ccccc1[C@@H]1C(C(=O)OC)=C(C)NC2=C1C(=O)C[C@H](c1ccccc1)C2. The van der Waals surface area contributed by atoms with E-state index >= 15 is 0 Å². The van der Waals surface area contributed by atoms with Crippen LogP contribution in [0.15, 0.2) is 77.1 Å². The molecule has 5 heteroatoms. The number of esters is 1. The second-order valence-electron chi connectivity index (χ2n) is 7.89. The van der Waals surface area contributed by atoms with Gasteiger partial charge in [0, 0.05) is 29.0 Å². The number of carbonyl (C=O) groups is 2. The van der Waals surface area contributed by atoms with Crippen LogP contribution in [0.3, 0.4) is 0 Å². The fourth-order valence-corrected chi connectivity index (χ4v) is 4.70. The fourth-order valence-electron chi connectivity index (χ4n) is 4.70. The summed E-state index contributed by atoms with van der Waals surface area (Å²) in [4.78, 5) is 26.3. The third-order valence-electron chi connectivity index (χ3n) is 6.03. The van der Waals surface area contributed by atoms with Crippen LogP contribution in [-0.4, -0.2) is 25.5 Å². The van der Waals surface area contributed by atoms with Crippen molar-refractivity contribution in [1.29, 1.82) is 0 Å². The summed E-state index contributed by atoms with van der Waals surface area (Å²) < 4.78 is 11.0. The monoisotopic (exact) mass is 417 g/mol. The summed E-state index contributed by atoms with van der Waals surface area (Å²) in [5.74, 6) is -0.125. The molecule has 0 amide bonds. The molecular weight excluding hydrogens is 390 g/mol. The number of rotatable bonds is 5. The highest BCUT2D eigenvalue weighted by molar-refractivity contribution is 6.04. The largest absolute Gasteiger partial charge is 0.494 e. The highest BCUT2D eigenvalue weighted by atomic mass is 16.5. The minimum atomic E-state index is -0.518. The molecule has 31 heavy (non-hydrogen) atoms. The molecule has 0 saturated heterocycles. The highest BCUT2D eigenvalue weighted by Gasteiger charge is 2.42. The second-order valence-corrected chi connectivity index (χ2v) is 7.89. The average molecular weight is 418 g/mol. The third-order valence-corrected chi connectivity index (χ3v) is 6.03. The van der Waals surface area contributed by atoms with Crippen LogP contribution in [0.2, 0.25) is 0 Å². The number of hydrogen-bond acceptors (Lipinski definition) is 5. The lowest BCUT2D eigenvalue weighted by atomic mass is 9.71. The first-order chi connectivity index (χ1) is 15.0. The van der Waals surface area contributed by atoms with Gasteiger partial charge in [0.05, 0.1) is 25.2 Å². The maximum absolute atomic E-state index is 13.5. The molecule has 160 valence electrons. The van der Waals surface area contributed by atoms with E-state index in [4.69, 9.17) is 9.47 Å². The summed E-state index contributed by atoms with van der Waals surface area (Å²) in [6.45, 7) is 4.28. The molecule has 1 N–H and O–H groups in total. The molecule has 0 fully saturated rings. The number of benzene rings is 2. The maximum atomic E-state index is 13.5. The molecule has 2 aliphatic rings. The Bertz CT molecular complexity index is 1070. The summed E-state index contributed by atoms with van der Waals surface area (Å²) in [6.07, 6.45) is 1.12. The molecular formula is C26H27NO4. The number of allylic oxidation sites excluding steroid dienone is 3. The zero-order valence-electron chi connectivity index (χ0n) is 18.1. The third kappa shape index (κ3) is 3.88. The van der Waals surface area contributed by atoms with Crippen LogP contribution in [-0.2, 0) is 14.3 Å². The first kappa shape index (κ1) is 20.9. The molecule has 0 radical (unpaired) electrons. The Balaban J connectivity index is 1.85. The van der Waals surface area contributed by atoms with E-state index in [1.807, 2.05) is 56.3 Å². The Labute approximate surface area is 182 Å². The van der Waals surface area contributed by atoms with Crippen LogP contribution in [0, 0.1) is 0 Å². The number of hydrogen-bond donors (Lipinski definition) is 1. The standard InChI is InChI=1S/C26H27NO4/c1-4-31-22-13-9-8-12-19(22)24-23(26(29)30-3)16(2)27-20-14-18(15-21(28)25(20)24)17-10-6-5-7-11-17/h5-13,18,24,27H,4,14-15H2,1-3H3/t18-,24-/m1/s1. The van der Waals surface area contributed by atoms with Crippen LogP contribution in [0.5, 0.6) is 5.75 Å². The van der Waals surface area contributed by atoms with Gasteiger partial charge in [0.25, 0.3) is 0 Å². The van der Waals surface area contributed by atoms with E-state index in [0.717, 1.165) is 16.8 Å². The molecule has 1 heterocycles. The van der Waals surface area contributed by atoms with Crippen molar-refractivity contribution in [3.05, 3.63) is 88.3 Å². The summed E-state index contributed by atoms with van der Waals surface area (Å²) >= 11 is 0. The van der Waals surface area contributed by atoms with Gasteiger partial charge in [-0.15, -0.1) is 0 Å². The van der Waals surface area contributed by atoms with Crippen molar-refractivity contribution in [2.45, 2.75) is 38.5 Å². The number of methoxy groups -OCH3 is 1. The Morgan fingerprint density at radius 2 is 1.77 bits per heavy atom. The Morgan fingerprint density at radius 1 is 1.06 bits per heavy atom. The number of dihydropyridines is 1. The first-order valence-corrected chi connectivity index (χ1v) is 10.6. The van der Waals surface area contributed by atoms with Crippen LogP contribution in [0.1, 0.15) is 49.7 Å². The summed E-state index contributed by atoms with van der Waals surface area (Å²) in [5.41, 5.74) is 4.65. The van der Waals surface area contributed by atoms with Gasteiger partial charge in [-0.25, -0.2) is 4.79 Å². The lowest BCUT2D eigenvalue weighted by Crippen LogP contribution is -2.36. The van der Waals surface area contributed by atoms with E-state index in [1.165, 1.54) is 7.11 Å². The minimum absolute atomic E-state index is 0.0489. The number of para-hydroxylation sites is 1. The molecule has 0 bridgehead atoms. The van der Waals surface area contributed by atoms with E-state index in [0.29, 0.717) is 42.0 Å². The van der Waals surface area contributed by atoms with Crippen molar-refractivity contribution in [2.75, 3.05) is 13.7 Å². The van der Waals surface area contributed by atoms with Gasteiger partial charge in [-0.05, 0) is 37.8 Å². The summed E-state index contributed by atoms with van der Waals surface area (Å²) in [5, 5.41) is 3.36. The van der Waals surface area contributed by atoms with Crippen molar-refractivity contribution in [3.63, 3.8) is 0 Å². The van der Waals surface area contributed by atoms with Gasteiger partial charge in [0.2, 0.25) is 0 Å². The van der Waals surface area contributed by atoms with Crippen molar-refractivity contribution < 1.29 is 19.1 Å². The van der Waals surface area contributed by atoms with Gasteiger partial charge < -0.3 is 14.8 Å². The van der Waals surface area contributed by atoms with E-state index in [1.54, 1.807) is 0 Å². The van der Waals surface area contributed by atoms with E-state index in [2.05, 4.69) is 17.4 Å². The smallest absolute Gasteiger partial charge is 0.336 e. The maximum Gasteiger partial charge on any atom is 0.336 e. The number of ether oxygens (including phenoxy) is 2.